The molecule has 0 aliphatic heterocycles. The van der Waals surface area contributed by atoms with Crippen LogP contribution in [0, 0.1) is 0 Å². The molecular formula is C16H15NO2. The Bertz CT molecular complexity index is 561. The lowest BCUT2D eigenvalue weighted by atomic mass is 10.0. The fraction of sp³-hybridized carbons (Fsp3) is 0.125. The molecule has 0 aliphatic rings. The summed E-state index contributed by atoms with van der Waals surface area (Å²) >= 11 is 0. The molecule has 3 heteroatoms. The number of carbonyl (C=O) groups is 2. The number of anilines is 1. The Morgan fingerprint density at radius 3 is 2.26 bits per heavy atom. The van der Waals surface area contributed by atoms with Crippen LogP contribution in [0.15, 0.2) is 54.6 Å². The molecular weight excluding hydrogens is 238 g/mol. The summed E-state index contributed by atoms with van der Waals surface area (Å²) in [4.78, 5) is 22.6. The standard InChI is InChI=1S/C16H15NO2/c1-12(14-5-3-2-4-6-14)16(19)17-15-9-7-13(11-18)8-10-15/h2-12H,1H3,(H,17,19). The molecule has 0 aliphatic carbocycles. The molecule has 0 saturated carbocycles. The second-order valence-corrected chi connectivity index (χ2v) is 4.36. The summed E-state index contributed by atoms with van der Waals surface area (Å²) in [6.07, 6.45) is 0.776. The minimum absolute atomic E-state index is 0.0648. The zero-order valence-electron chi connectivity index (χ0n) is 10.7. The van der Waals surface area contributed by atoms with Crippen LogP contribution in [0.2, 0.25) is 0 Å². The molecule has 0 saturated heterocycles. The zero-order valence-corrected chi connectivity index (χ0v) is 10.7. The number of benzene rings is 2. The van der Waals surface area contributed by atoms with E-state index in [-0.39, 0.29) is 11.8 Å². The molecule has 1 N–H and O–H groups in total. The molecule has 2 aromatic rings. The molecule has 0 heterocycles. The molecule has 19 heavy (non-hydrogen) atoms. The van der Waals surface area contributed by atoms with Crippen molar-refractivity contribution in [1.29, 1.82) is 0 Å². The summed E-state index contributed by atoms with van der Waals surface area (Å²) < 4.78 is 0. The summed E-state index contributed by atoms with van der Waals surface area (Å²) in [5.74, 6) is -0.281. The largest absolute Gasteiger partial charge is 0.326 e. The molecule has 0 aromatic heterocycles. The SMILES string of the molecule is CC(C(=O)Nc1ccc(C=O)cc1)c1ccccc1. The number of hydrogen-bond acceptors (Lipinski definition) is 2. The van der Waals surface area contributed by atoms with Crippen molar-refractivity contribution in [1.82, 2.24) is 0 Å². The van der Waals surface area contributed by atoms with E-state index in [0.29, 0.717) is 11.3 Å². The number of carbonyl (C=O) groups excluding carboxylic acids is 2. The number of nitrogens with one attached hydrogen (secondary N) is 1. The maximum absolute atomic E-state index is 12.1. The topological polar surface area (TPSA) is 46.2 Å². The van der Waals surface area contributed by atoms with Gasteiger partial charge in [0.05, 0.1) is 5.92 Å². The van der Waals surface area contributed by atoms with Crippen LogP contribution >= 0.6 is 0 Å². The van der Waals surface area contributed by atoms with Gasteiger partial charge in [-0.15, -0.1) is 0 Å². The second-order valence-electron chi connectivity index (χ2n) is 4.36. The van der Waals surface area contributed by atoms with E-state index in [0.717, 1.165) is 11.8 Å². The van der Waals surface area contributed by atoms with Gasteiger partial charge >= 0.3 is 0 Å². The molecule has 1 amide bonds. The van der Waals surface area contributed by atoms with Crippen LogP contribution < -0.4 is 5.32 Å². The average molecular weight is 253 g/mol. The van der Waals surface area contributed by atoms with Gasteiger partial charge in [0, 0.05) is 11.3 Å². The van der Waals surface area contributed by atoms with E-state index < -0.39 is 0 Å². The Labute approximate surface area is 112 Å². The lowest BCUT2D eigenvalue weighted by Gasteiger charge is -2.12. The first kappa shape index (κ1) is 13.0. The number of hydrogen-bond donors (Lipinski definition) is 1. The monoisotopic (exact) mass is 253 g/mol. The number of amides is 1. The number of rotatable bonds is 4. The normalized spacial score (nSPS) is 11.6. The van der Waals surface area contributed by atoms with Crippen molar-refractivity contribution in [2.24, 2.45) is 0 Å². The van der Waals surface area contributed by atoms with Gasteiger partial charge in [-0.05, 0) is 36.8 Å². The van der Waals surface area contributed by atoms with E-state index in [4.69, 9.17) is 0 Å². The molecule has 2 rings (SSSR count). The van der Waals surface area contributed by atoms with Gasteiger partial charge in [-0.3, -0.25) is 9.59 Å². The maximum Gasteiger partial charge on any atom is 0.231 e. The fourth-order valence-corrected chi connectivity index (χ4v) is 1.79. The smallest absolute Gasteiger partial charge is 0.231 e. The van der Waals surface area contributed by atoms with Crippen LogP contribution in [0.4, 0.5) is 5.69 Å². The summed E-state index contributed by atoms with van der Waals surface area (Å²) in [5, 5.41) is 2.84. The Balaban J connectivity index is 2.06. The van der Waals surface area contributed by atoms with Crippen molar-refractivity contribution >= 4 is 17.9 Å². The third-order valence-corrected chi connectivity index (χ3v) is 3.01. The molecule has 0 radical (unpaired) electrons. The highest BCUT2D eigenvalue weighted by atomic mass is 16.1. The van der Waals surface area contributed by atoms with Crippen LogP contribution in [0.1, 0.15) is 28.8 Å². The van der Waals surface area contributed by atoms with Crippen molar-refractivity contribution in [3.63, 3.8) is 0 Å². The van der Waals surface area contributed by atoms with Gasteiger partial charge in [0.1, 0.15) is 6.29 Å². The van der Waals surface area contributed by atoms with E-state index in [1.165, 1.54) is 0 Å². The van der Waals surface area contributed by atoms with Gasteiger partial charge < -0.3 is 5.32 Å². The van der Waals surface area contributed by atoms with Crippen molar-refractivity contribution in [3.05, 3.63) is 65.7 Å². The van der Waals surface area contributed by atoms with E-state index in [1.807, 2.05) is 37.3 Å². The molecule has 1 atom stereocenters. The van der Waals surface area contributed by atoms with Gasteiger partial charge in [0.2, 0.25) is 5.91 Å². The molecule has 2 aromatic carbocycles. The molecule has 0 bridgehead atoms. The van der Waals surface area contributed by atoms with Gasteiger partial charge in [-0.2, -0.15) is 0 Å². The summed E-state index contributed by atoms with van der Waals surface area (Å²) in [7, 11) is 0. The lowest BCUT2D eigenvalue weighted by molar-refractivity contribution is -0.117. The Morgan fingerprint density at radius 1 is 1.05 bits per heavy atom. The highest BCUT2D eigenvalue weighted by molar-refractivity contribution is 5.95. The molecule has 1 unspecified atom stereocenters. The van der Waals surface area contributed by atoms with Crippen molar-refractivity contribution < 1.29 is 9.59 Å². The van der Waals surface area contributed by atoms with Crippen molar-refractivity contribution in [2.45, 2.75) is 12.8 Å². The third-order valence-electron chi connectivity index (χ3n) is 3.01. The predicted molar refractivity (Wildman–Crippen MR) is 75.3 cm³/mol. The van der Waals surface area contributed by atoms with Crippen LogP contribution in [0.25, 0.3) is 0 Å². The first-order valence-electron chi connectivity index (χ1n) is 6.12. The summed E-state index contributed by atoms with van der Waals surface area (Å²) in [6.45, 7) is 1.87. The molecule has 0 fully saturated rings. The highest BCUT2D eigenvalue weighted by Gasteiger charge is 2.14. The maximum atomic E-state index is 12.1. The van der Waals surface area contributed by atoms with Gasteiger partial charge in [0.15, 0.2) is 0 Å². The third kappa shape index (κ3) is 3.28. The fourth-order valence-electron chi connectivity index (χ4n) is 1.79. The van der Waals surface area contributed by atoms with Gasteiger partial charge in [0.25, 0.3) is 0 Å². The minimum Gasteiger partial charge on any atom is -0.326 e. The quantitative estimate of drug-likeness (QED) is 0.850. The Morgan fingerprint density at radius 2 is 1.68 bits per heavy atom. The van der Waals surface area contributed by atoms with Crippen LogP contribution in [-0.2, 0) is 4.79 Å². The van der Waals surface area contributed by atoms with E-state index in [9.17, 15) is 9.59 Å². The first-order valence-corrected chi connectivity index (χ1v) is 6.12. The van der Waals surface area contributed by atoms with Gasteiger partial charge in [-0.1, -0.05) is 30.3 Å². The highest BCUT2D eigenvalue weighted by Crippen LogP contribution is 2.17. The van der Waals surface area contributed by atoms with Crippen LogP contribution in [-0.4, -0.2) is 12.2 Å². The van der Waals surface area contributed by atoms with E-state index in [2.05, 4.69) is 5.32 Å². The molecule has 3 nitrogen and oxygen atoms in total. The average Bonchev–Trinajstić information content (AvgIpc) is 2.48. The molecule has 0 spiro atoms. The predicted octanol–water partition coefficient (Wildman–Crippen LogP) is 3.24. The molecule has 96 valence electrons. The Hall–Kier alpha value is -2.42. The van der Waals surface area contributed by atoms with Gasteiger partial charge in [-0.25, -0.2) is 0 Å². The van der Waals surface area contributed by atoms with E-state index in [1.54, 1.807) is 24.3 Å². The first-order chi connectivity index (χ1) is 9.20. The summed E-state index contributed by atoms with van der Waals surface area (Å²) in [6, 6.07) is 16.4. The summed E-state index contributed by atoms with van der Waals surface area (Å²) in [5.41, 5.74) is 2.26. The van der Waals surface area contributed by atoms with Crippen LogP contribution in [0.5, 0.6) is 0 Å². The van der Waals surface area contributed by atoms with Crippen molar-refractivity contribution in [3.8, 4) is 0 Å². The van der Waals surface area contributed by atoms with Crippen molar-refractivity contribution in [2.75, 3.05) is 5.32 Å². The van der Waals surface area contributed by atoms with E-state index >= 15 is 0 Å². The zero-order chi connectivity index (χ0) is 13.7. The lowest BCUT2D eigenvalue weighted by Crippen LogP contribution is -2.18. The Kier molecular flexibility index (Phi) is 4.08. The minimum atomic E-state index is -0.216. The van der Waals surface area contributed by atoms with Crippen LogP contribution in [0.3, 0.4) is 0 Å². The number of aldehydes is 1. The second kappa shape index (κ2) is 5.96.